The van der Waals surface area contributed by atoms with Gasteiger partial charge in [0.15, 0.2) is 5.75 Å². The van der Waals surface area contributed by atoms with Gasteiger partial charge in [-0.2, -0.15) is 0 Å². The first-order valence-corrected chi connectivity index (χ1v) is 4.77. The molecule has 2 rings (SSSR count). The number of phenols is 1. The van der Waals surface area contributed by atoms with Gasteiger partial charge >= 0.3 is 5.69 Å². The van der Waals surface area contributed by atoms with E-state index in [9.17, 15) is 15.2 Å². The first kappa shape index (κ1) is 9.53. The summed E-state index contributed by atoms with van der Waals surface area (Å²) in [7, 11) is 0. The van der Waals surface area contributed by atoms with E-state index in [1.807, 2.05) is 0 Å². The van der Waals surface area contributed by atoms with Gasteiger partial charge < -0.3 is 5.11 Å². The number of hydrogen-bond donors (Lipinski definition) is 1. The zero-order chi connectivity index (χ0) is 10.8. The smallest absolute Gasteiger partial charge is 0.311 e. The van der Waals surface area contributed by atoms with Crippen LogP contribution in [0.5, 0.6) is 5.75 Å². The van der Waals surface area contributed by atoms with Crippen LogP contribution in [-0.4, -0.2) is 19.6 Å². The van der Waals surface area contributed by atoms with E-state index in [-0.39, 0.29) is 11.4 Å². The molecule has 0 atom stereocenters. The van der Waals surface area contributed by atoms with Crippen molar-refractivity contribution in [2.24, 2.45) is 0 Å². The lowest BCUT2D eigenvalue weighted by Crippen LogP contribution is -1.89. The quantitative estimate of drug-likeness (QED) is 0.619. The lowest BCUT2D eigenvalue weighted by molar-refractivity contribution is -0.385. The number of nitro benzene ring substituents is 1. The Balaban J connectivity index is 2.52. The summed E-state index contributed by atoms with van der Waals surface area (Å²) in [5, 5.41) is 25.2. The predicted octanol–water partition coefficient (Wildman–Crippen LogP) is 1.82. The lowest BCUT2D eigenvalue weighted by Gasteiger charge is -1.98. The number of aromatic hydroxyl groups is 1. The minimum Gasteiger partial charge on any atom is -0.502 e. The van der Waals surface area contributed by atoms with E-state index in [0.29, 0.717) is 11.3 Å². The summed E-state index contributed by atoms with van der Waals surface area (Å²) >= 11 is 1.16. The Labute approximate surface area is 88.1 Å². The van der Waals surface area contributed by atoms with Crippen LogP contribution in [0.15, 0.2) is 23.6 Å². The van der Waals surface area contributed by atoms with Gasteiger partial charge in [-0.25, -0.2) is 0 Å². The fraction of sp³-hybridized carbons (Fsp3) is 0. The summed E-state index contributed by atoms with van der Waals surface area (Å²) < 4.78 is 3.65. The monoisotopic (exact) mass is 223 g/mol. The minimum absolute atomic E-state index is 0.333. The van der Waals surface area contributed by atoms with Crippen molar-refractivity contribution < 1.29 is 10.0 Å². The molecule has 6 nitrogen and oxygen atoms in total. The van der Waals surface area contributed by atoms with E-state index in [0.717, 1.165) is 11.5 Å². The van der Waals surface area contributed by atoms with Gasteiger partial charge in [0, 0.05) is 17.0 Å². The van der Waals surface area contributed by atoms with E-state index >= 15 is 0 Å². The standard InChI is InChI=1S/C8H5N3O3S/c12-8-2-1-5(3-7(8)11(13)14)6-4-15-10-9-6/h1-4,12H. The van der Waals surface area contributed by atoms with Crippen molar-refractivity contribution in [2.75, 3.05) is 0 Å². The van der Waals surface area contributed by atoms with Gasteiger partial charge in [-0.3, -0.25) is 10.1 Å². The van der Waals surface area contributed by atoms with Crippen LogP contribution in [0, 0.1) is 10.1 Å². The number of hydrogen-bond acceptors (Lipinski definition) is 6. The molecule has 1 aromatic carbocycles. The van der Waals surface area contributed by atoms with E-state index in [1.165, 1.54) is 12.1 Å². The summed E-state index contributed by atoms with van der Waals surface area (Å²) in [6.45, 7) is 0. The van der Waals surface area contributed by atoms with Crippen LogP contribution in [0.1, 0.15) is 0 Å². The van der Waals surface area contributed by atoms with Crippen molar-refractivity contribution >= 4 is 17.2 Å². The van der Waals surface area contributed by atoms with Crippen LogP contribution >= 0.6 is 11.5 Å². The molecule has 0 bridgehead atoms. The van der Waals surface area contributed by atoms with Gasteiger partial charge in [-0.15, -0.1) is 5.10 Å². The Morgan fingerprint density at radius 3 is 2.87 bits per heavy atom. The zero-order valence-electron chi connectivity index (χ0n) is 7.32. The molecule has 0 unspecified atom stereocenters. The van der Waals surface area contributed by atoms with Crippen LogP contribution in [0.2, 0.25) is 0 Å². The van der Waals surface area contributed by atoms with Gasteiger partial charge in [0.1, 0.15) is 5.69 Å². The molecule has 1 heterocycles. The Morgan fingerprint density at radius 1 is 1.47 bits per heavy atom. The van der Waals surface area contributed by atoms with Gasteiger partial charge in [-0.1, -0.05) is 4.49 Å². The molecule has 0 radical (unpaired) electrons. The molecule has 1 N–H and O–H groups in total. The summed E-state index contributed by atoms with van der Waals surface area (Å²) in [5.74, 6) is -0.355. The molecule has 0 aliphatic carbocycles. The normalized spacial score (nSPS) is 10.1. The van der Waals surface area contributed by atoms with E-state index < -0.39 is 4.92 Å². The molecule has 0 saturated carbocycles. The van der Waals surface area contributed by atoms with Crippen molar-refractivity contribution in [1.29, 1.82) is 0 Å². The van der Waals surface area contributed by atoms with Gasteiger partial charge in [-0.05, 0) is 23.7 Å². The Hall–Kier alpha value is -2.02. The van der Waals surface area contributed by atoms with Crippen molar-refractivity contribution in [3.63, 3.8) is 0 Å². The number of aromatic nitrogens is 2. The zero-order valence-corrected chi connectivity index (χ0v) is 8.14. The maximum absolute atomic E-state index is 10.6. The van der Waals surface area contributed by atoms with E-state index in [1.54, 1.807) is 11.4 Å². The number of benzene rings is 1. The van der Waals surface area contributed by atoms with Crippen LogP contribution in [0.3, 0.4) is 0 Å². The first-order chi connectivity index (χ1) is 7.18. The molecule has 0 saturated heterocycles. The summed E-state index contributed by atoms with van der Waals surface area (Å²) in [5.41, 5.74) is 0.789. The molecular formula is C8H5N3O3S. The fourth-order valence-corrected chi connectivity index (χ4v) is 1.58. The molecule has 0 fully saturated rings. The molecule has 15 heavy (non-hydrogen) atoms. The topological polar surface area (TPSA) is 89.2 Å². The second kappa shape index (κ2) is 3.62. The number of rotatable bonds is 2. The lowest BCUT2D eigenvalue weighted by atomic mass is 10.1. The second-order valence-corrected chi connectivity index (χ2v) is 3.36. The number of phenolic OH excluding ortho intramolecular Hbond substituents is 1. The number of nitrogens with zero attached hydrogens (tertiary/aromatic N) is 3. The predicted molar refractivity (Wildman–Crippen MR) is 53.7 cm³/mol. The third-order valence-corrected chi connectivity index (χ3v) is 2.33. The van der Waals surface area contributed by atoms with Crippen LogP contribution in [0.25, 0.3) is 11.3 Å². The van der Waals surface area contributed by atoms with E-state index in [4.69, 9.17) is 0 Å². The largest absolute Gasteiger partial charge is 0.502 e. The van der Waals surface area contributed by atoms with E-state index in [2.05, 4.69) is 9.59 Å². The maximum Gasteiger partial charge on any atom is 0.311 e. The van der Waals surface area contributed by atoms with Crippen molar-refractivity contribution in [3.05, 3.63) is 33.7 Å². The van der Waals surface area contributed by atoms with Crippen LogP contribution in [0.4, 0.5) is 5.69 Å². The minimum atomic E-state index is -0.640. The Bertz CT molecular complexity index is 498. The number of nitro groups is 1. The van der Waals surface area contributed by atoms with Gasteiger partial charge in [0.05, 0.1) is 4.92 Å². The van der Waals surface area contributed by atoms with Gasteiger partial charge in [0.25, 0.3) is 0 Å². The molecule has 1 aromatic heterocycles. The van der Waals surface area contributed by atoms with Gasteiger partial charge in [0.2, 0.25) is 0 Å². The third-order valence-electron chi connectivity index (χ3n) is 1.83. The highest BCUT2D eigenvalue weighted by molar-refractivity contribution is 7.03. The molecule has 0 aliphatic rings. The average Bonchev–Trinajstić information content (AvgIpc) is 2.71. The first-order valence-electron chi connectivity index (χ1n) is 3.93. The Kier molecular flexibility index (Phi) is 2.30. The highest BCUT2D eigenvalue weighted by atomic mass is 32.1. The fourth-order valence-electron chi connectivity index (χ4n) is 1.12. The summed E-state index contributed by atoms with van der Waals surface area (Å²) in [6.07, 6.45) is 0. The van der Waals surface area contributed by atoms with Crippen molar-refractivity contribution in [1.82, 2.24) is 9.59 Å². The average molecular weight is 223 g/mol. The molecule has 2 aromatic rings. The highest BCUT2D eigenvalue weighted by Crippen LogP contribution is 2.30. The second-order valence-electron chi connectivity index (χ2n) is 2.75. The molecule has 0 amide bonds. The third kappa shape index (κ3) is 1.77. The molecular weight excluding hydrogens is 218 g/mol. The summed E-state index contributed by atoms with van der Waals surface area (Å²) in [6, 6.07) is 4.10. The molecule has 0 spiro atoms. The Morgan fingerprint density at radius 2 is 2.27 bits per heavy atom. The summed E-state index contributed by atoms with van der Waals surface area (Å²) in [4.78, 5) is 9.92. The SMILES string of the molecule is O=[N+]([O-])c1cc(-c2csnn2)ccc1O. The molecule has 76 valence electrons. The van der Waals surface area contributed by atoms with Crippen LogP contribution < -0.4 is 0 Å². The maximum atomic E-state index is 10.6. The van der Waals surface area contributed by atoms with Crippen LogP contribution in [-0.2, 0) is 0 Å². The van der Waals surface area contributed by atoms with Crippen molar-refractivity contribution in [2.45, 2.75) is 0 Å². The van der Waals surface area contributed by atoms with Crippen molar-refractivity contribution in [3.8, 4) is 17.0 Å². The highest BCUT2D eigenvalue weighted by Gasteiger charge is 2.14. The molecule has 7 heteroatoms. The molecule has 0 aliphatic heterocycles.